The van der Waals surface area contributed by atoms with Crippen LogP contribution in [0.1, 0.15) is 69.4 Å². The average molecular weight is 291 g/mol. The van der Waals surface area contributed by atoms with Gasteiger partial charge in [0.15, 0.2) is 0 Å². The number of alkyl halides is 1. The second-order valence-electron chi connectivity index (χ2n) is 7.60. The predicted octanol–water partition coefficient (Wildman–Crippen LogP) is 6.09. The molecule has 2 aliphatic rings. The third-order valence-electron chi connectivity index (χ3n) is 6.06. The van der Waals surface area contributed by atoms with E-state index in [1.807, 2.05) is 0 Å². The van der Waals surface area contributed by atoms with Gasteiger partial charge >= 0.3 is 0 Å². The standard InChI is InChI=1S/C19H27Cl/c1-4-19(2,3)16-9-7-14(8-10-16)18(20)17-12-13-5-6-15(17)11-13/h7-10,13,15,17-18H,4-6,11-12H2,1-3H3. The largest absolute Gasteiger partial charge is 0.118 e. The lowest BCUT2D eigenvalue weighted by Crippen LogP contribution is -2.17. The maximum Gasteiger partial charge on any atom is 0.0616 e. The van der Waals surface area contributed by atoms with Gasteiger partial charge in [-0.05, 0) is 60.0 Å². The van der Waals surface area contributed by atoms with Crippen molar-refractivity contribution in [1.29, 1.82) is 0 Å². The molecule has 2 aliphatic carbocycles. The van der Waals surface area contributed by atoms with Gasteiger partial charge in [-0.3, -0.25) is 0 Å². The molecular weight excluding hydrogens is 264 g/mol. The Morgan fingerprint density at radius 1 is 1.15 bits per heavy atom. The van der Waals surface area contributed by atoms with Gasteiger partial charge in [0.05, 0.1) is 5.38 Å². The van der Waals surface area contributed by atoms with E-state index in [1.165, 1.54) is 43.2 Å². The van der Waals surface area contributed by atoms with Crippen LogP contribution in [0, 0.1) is 17.8 Å². The molecule has 2 saturated carbocycles. The third-order valence-corrected chi connectivity index (χ3v) is 6.64. The molecule has 3 rings (SSSR count). The zero-order valence-corrected chi connectivity index (χ0v) is 13.8. The maximum atomic E-state index is 6.81. The van der Waals surface area contributed by atoms with Crippen LogP contribution in [-0.2, 0) is 5.41 Å². The first-order chi connectivity index (χ1) is 9.51. The molecule has 0 aromatic heterocycles. The Bertz CT molecular complexity index is 459. The van der Waals surface area contributed by atoms with Crippen LogP contribution in [-0.4, -0.2) is 0 Å². The van der Waals surface area contributed by atoms with Crippen molar-refractivity contribution >= 4 is 11.6 Å². The highest BCUT2D eigenvalue weighted by atomic mass is 35.5. The van der Waals surface area contributed by atoms with Crippen molar-refractivity contribution in [2.45, 2.75) is 63.7 Å². The first kappa shape index (κ1) is 14.4. The summed E-state index contributed by atoms with van der Waals surface area (Å²) in [4.78, 5) is 0. The second-order valence-corrected chi connectivity index (χ2v) is 8.07. The molecule has 2 bridgehead atoms. The summed E-state index contributed by atoms with van der Waals surface area (Å²) in [6.07, 6.45) is 6.84. The molecule has 0 heterocycles. The molecule has 0 spiro atoms. The average Bonchev–Trinajstić information content (AvgIpc) is 3.09. The van der Waals surface area contributed by atoms with Crippen LogP contribution < -0.4 is 0 Å². The molecule has 2 fully saturated rings. The summed E-state index contributed by atoms with van der Waals surface area (Å²) in [6.45, 7) is 6.89. The molecule has 0 N–H and O–H groups in total. The van der Waals surface area contributed by atoms with Crippen molar-refractivity contribution in [1.82, 2.24) is 0 Å². The lowest BCUT2D eigenvalue weighted by Gasteiger charge is -2.28. The molecule has 1 heteroatoms. The topological polar surface area (TPSA) is 0 Å². The van der Waals surface area contributed by atoms with E-state index in [9.17, 15) is 0 Å². The summed E-state index contributed by atoms with van der Waals surface area (Å²) in [5.74, 6) is 2.60. The summed E-state index contributed by atoms with van der Waals surface area (Å²) in [5.41, 5.74) is 3.03. The number of hydrogen-bond donors (Lipinski definition) is 0. The van der Waals surface area contributed by atoms with Crippen LogP contribution >= 0.6 is 11.6 Å². The monoisotopic (exact) mass is 290 g/mol. The predicted molar refractivity (Wildman–Crippen MR) is 87.3 cm³/mol. The molecule has 0 aliphatic heterocycles. The molecule has 20 heavy (non-hydrogen) atoms. The van der Waals surface area contributed by atoms with Gasteiger partial charge in [-0.15, -0.1) is 11.6 Å². The van der Waals surface area contributed by atoms with Crippen LogP contribution in [0.2, 0.25) is 0 Å². The van der Waals surface area contributed by atoms with E-state index >= 15 is 0 Å². The van der Waals surface area contributed by atoms with E-state index < -0.39 is 0 Å². The van der Waals surface area contributed by atoms with Crippen LogP contribution in [0.5, 0.6) is 0 Å². The van der Waals surface area contributed by atoms with Crippen molar-refractivity contribution in [3.05, 3.63) is 35.4 Å². The number of halogens is 1. The van der Waals surface area contributed by atoms with Gasteiger partial charge in [-0.25, -0.2) is 0 Å². The third kappa shape index (κ3) is 2.52. The molecule has 0 radical (unpaired) electrons. The molecule has 4 atom stereocenters. The quantitative estimate of drug-likeness (QED) is 0.589. The first-order valence-electron chi connectivity index (χ1n) is 8.26. The minimum atomic E-state index is 0.226. The summed E-state index contributed by atoms with van der Waals surface area (Å²) in [5, 5.41) is 0.226. The molecule has 0 nitrogen and oxygen atoms in total. The summed E-state index contributed by atoms with van der Waals surface area (Å²) in [7, 11) is 0. The van der Waals surface area contributed by atoms with E-state index in [0.29, 0.717) is 0 Å². The highest BCUT2D eigenvalue weighted by Crippen LogP contribution is 2.54. The molecule has 4 unspecified atom stereocenters. The van der Waals surface area contributed by atoms with E-state index in [0.717, 1.165) is 17.8 Å². The van der Waals surface area contributed by atoms with Crippen LogP contribution in [0.15, 0.2) is 24.3 Å². The molecule has 1 aromatic rings. The molecule has 0 amide bonds. The van der Waals surface area contributed by atoms with Gasteiger partial charge < -0.3 is 0 Å². The SMILES string of the molecule is CCC(C)(C)c1ccc(C(Cl)C2CC3CCC2C3)cc1. The van der Waals surface area contributed by atoms with Gasteiger partial charge in [0.25, 0.3) is 0 Å². The molecule has 0 saturated heterocycles. The Labute approximate surface area is 128 Å². The van der Waals surface area contributed by atoms with Crippen LogP contribution in [0.25, 0.3) is 0 Å². The van der Waals surface area contributed by atoms with Crippen molar-refractivity contribution < 1.29 is 0 Å². The fourth-order valence-electron chi connectivity index (χ4n) is 4.22. The van der Waals surface area contributed by atoms with Gasteiger partial charge in [0.2, 0.25) is 0 Å². The van der Waals surface area contributed by atoms with Crippen molar-refractivity contribution in [2.24, 2.45) is 17.8 Å². The van der Waals surface area contributed by atoms with Gasteiger partial charge in [-0.1, -0.05) is 51.5 Å². The van der Waals surface area contributed by atoms with Crippen molar-refractivity contribution in [3.63, 3.8) is 0 Å². The van der Waals surface area contributed by atoms with Crippen molar-refractivity contribution in [2.75, 3.05) is 0 Å². The highest BCUT2D eigenvalue weighted by Gasteiger charge is 2.42. The van der Waals surface area contributed by atoms with Gasteiger partial charge in [-0.2, -0.15) is 0 Å². The fourth-order valence-corrected chi connectivity index (χ4v) is 4.68. The number of hydrogen-bond acceptors (Lipinski definition) is 0. The summed E-state index contributed by atoms with van der Waals surface area (Å²) < 4.78 is 0. The highest BCUT2D eigenvalue weighted by molar-refractivity contribution is 6.21. The minimum absolute atomic E-state index is 0.226. The normalized spacial score (nSPS) is 30.7. The number of fused-ring (bicyclic) bond motifs is 2. The number of benzene rings is 1. The Balaban J connectivity index is 1.74. The zero-order chi connectivity index (χ0) is 14.3. The van der Waals surface area contributed by atoms with E-state index in [1.54, 1.807) is 0 Å². The van der Waals surface area contributed by atoms with Crippen LogP contribution in [0.3, 0.4) is 0 Å². The number of rotatable bonds is 4. The summed E-state index contributed by atoms with van der Waals surface area (Å²) >= 11 is 6.81. The van der Waals surface area contributed by atoms with Crippen LogP contribution in [0.4, 0.5) is 0 Å². The lowest BCUT2D eigenvalue weighted by molar-refractivity contribution is 0.323. The van der Waals surface area contributed by atoms with Crippen molar-refractivity contribution in [3.8, 4) is 0 Å². The van der Waals surface area contributed by atoms with Gasteiger partial charge in [0.1, 0.15) is 0 Å². The van der Waals surface area contributed by atoms with Gasteiger partial charge in [0, 0.05) is 0 Å². The zero-order valence-electron chi connectivity index (χ0n) is 13.0. The first-order valence-corrected chi connectivity index (χ1v) is 8.69. The second kappa shape index (κ2) is 5.37. The van der Waals surface area contributed by atoms with E-state index in [4.69, 9.17) is 11.6 Å². The Morgan fingerprint density at radius 2 is 1.85 bits per heavy atom. The summed E-state index contributed by atoms with van der Waals surface area (Å²) in [6, 6.07) is 9.13. The molecule has 1 aromatic carbocycles. The Hall–Kier alpha value is -0.490. The Kier molecular flexibility index (Phi) is 3.88. The van der Waals surface area contributed by atoms with E-state index in [2.05, 4.69) is 45.0 Å². The minimum Gasteiger partial charge on any atom is -0.118 e. The Morgan fingerprint density at radius 3 is 2.35 bits per heavy atom. The maximum absolute atomic E-state index is 6.81. The van der Waals surface area contributed by atoms with E-state index in [-0.39, 0.29) is 10.8 Å². The molecular formula is C19H27Cl. The smallest absolute Gasteiger partial charge is 0.0616 e. The molecule has 110 valence electrons. The lowest BCUT2D eigenvalue weighted by atomic mass is 9.80. The fraction of sp³-hybridized carbons (Fsp3) is 0.684.